The van der Waals surface area contributed by atoms with Crippen molar-refractivity contribution in [3.8, 4) is 0 Å². The maximum atomic E-state index is 4.36. The molecule has 0 aliphatic heterocycles. The van der Waals surface area contributed by atoms with Crippen LogP contribution in [0.25, 0.3) is 0 Å². The zero-order valence-electron chi connectivity index (χ0n) is 7.26. The Morgan fingerprint density at radius 2 is 2.00 bits per heavy atom. The van der Waals surface area contributed by atoms with Crippen LogP contribution < -0.4 is 0 Å². The average Bonchev–Trinajstić information content (AvgIpc) is 2.03. The highest BCUT2D eigenvalue weighted by Gasteiger charge is 2.32. The maximum Gasteiger partial charge on any atom is 0.0475 e. The summed E-state index contributed by atoms with van der Waals surface area (Å²) in [6.07, 6.45) is 1.91. The average molecular weight is 147 g/mol. The summed E-state index contributed by atoms with van der Waals surface area (Å²) in [7, 11) is 0. The van der Waals surface area contributed by atoms with Crippen LogP contribution in [0.4, 0.5) is 0 Å². The Morgan fingerprint density at radius 3 is 2.64 bits per heavy atom. The third-order valence-corrected chi connectivity index (χ3v) is 2.88. The molecule has 1 nitrogen and oxygen atoms in total. The molecule has 0 N–H and O–H groups in total. The molecule has 1 aromatic heterocycles. The molecule has 0 radical (unpaired) electrons. The predicted octanol–water partition coefficient (Wildman–Crippen LogP) is 2.61. The molecule has 2 rings (SSSR count). The molecule has 1 aliphatic carbocycles. The van der Waals surface area contributed by atoms with Crippen LogP contribution in [0.15, 0.2) is 12.3 Å². The highest BCUT2D eigenvalue weighted by atomic mass is 14.7. The maximum absolute atomic E-state index is 4.36. The van der Waals surface area contributed by atoms with Gasteiger partial charge in [0, 0.05) is 17.8 Å². The minimum absolute atomic E-state index is 0.671. The van der Waals surface area contributed by atoms with E-state index in [1.54, 1.807) is 0 Å². The van der Waals surface area contributed by atoms with Crippen molar-refractivity contribution in [1.82, 2.24) is 4.98 Å². The summed E-state index contributed by atoms with van der Waals surface area (Å²) in [6, 6.07) is 2.10. The van der Waals surface area contributed by atoms with E-state index in [0.717, 1.165) is 5.92 Å². The minimum Gasteiger partial charge on any atom is -0.261 e. The van der Waals surface area contributed by atoms with Crippen LogP contribution in [0, 0.1) is 6.92 Å². The third kappa shape index (κ3) is 0.740. The Hall–Kier alpha value is -0.850. The summed E-state index contributed by atoms with van der Waals surface area (Å²) < 4.78 is 0. The number of hydrogen-bond donors (Lipinski definition) is 0. The molecular weight excluding hydrogens is 134 g/mol. The van der Waals surface area contributed by atoms with Crippen molar-refractivity contribution in [3.05, 3.63) is 29.1 Å². The van der Waals surface area contributed by atoms with E-state index in [9.17, 15) is 0 Å². The van der Waals surface area contributed by atoms with E-state index < -0.39 is 0 Å². The first kappa shape index (κ1) is 6.84. The Balaban J connectivity index is 2.57. The molecule has 0 amide bonds. The summed E-state index contributed by atoms with van der Waals surface area (Å²) in [5.41, 5.74) is 4.21. The fraction of sp³-hybridized carbons (Fsp3) is 0.500. The number of hydrogen-bond acceptors (Lipinski definition) is 1. The van der Waals surface area contributed by atoms with E-state index in [1.165, 1.54) is 16.8 Å². The van der Waals surface area contributed by atoms with Gasteiger partial charge < -0.3 is 0 Å². The first-order valence-electron chi connectivity index (χ1n) is 4.17. The van der Waals surface area contributed by atoms with Gasteiger partial charge >= 0.3 is 0 Å². The number of fused-ring (bicyclic) bond motifs is 1. The van der Waals surface area contributed by atoms with Crippen LogP contribution in [0.3, 0.4) is 0 Å². The Morgan fingerprint density at radius 1 is 1.27 bits per heavy atom. The molecule has 0 fully saturated rings. The Kier molecular flexibility index (Phi) is 1.28. The number of aryl methyl sites for hydroxylation is 1. The van der Waals surface area contributed by atoms with Crippen molar-refractivity contribution in [2.75, 3.05) is 0 Å². The second-order valence-electron chi connectivity index (χ2n) is 3.50. The van der Waals surface area contributed by atoms with Gasteiger partial charge in [-0.3, -0.25) is 4.98 Å². The van der Waals surface area contributed by atoms with E-state index in [-0.39, 0.29) is 0 Å². The van der Waals surface area contributed by atoms with Gasteiger partial charge in [-0.1, -0.05) is 13.8 Å². The molecule has 2 atom stereocenters. The summed E-state index contributed by atoms with van der Waals surface area (Å²) in [5.74, 6) is 1.39. The highest BCUT2D eigenvalue weighted by Crippen LogP contribution is 2.45. The van der Waals surface area contributed by atoms with E-state index >= 15 is 0 Å². The van der Waals surface area contributed by atoms with Gasteiger partial charge in [-0.05, 0) is 30.0 Å². The number of pyridine rings is 1. The van der Waals surface area contributed by atoms with Gasteiger partial charge in [0.2, 0.25) is 0 Å². The lowest BCUT2D eigenvalue weighted by atomic mass is 9.71. The lowest BCUT2D eigenvalue weighted by Gasteiger charge is -2.34. The molecule has 0 bridgehead atoms. The standard InChI is InChI=1S/C10H13N/c1-6-4-5-11-10-8(3)7(2)9(6)10/h4-5,7-8H,1-3H3. The van der Waals surface area contributed by atoms with Crippen molar-refractivity contribution in [2.24, 2.45) is 0 Å². The lowest BCUT2D eigenvalue weighted by molar-refractivity contribution is 0.517. The molecule has 58 valence electrons. The molecule has 1 aliphatic rings. The van der Waals surface area contributed by atoms with E-state index in [0.29, 0.717) is 5.92 Å². The molecule has 1 heteroatoms. The molecule has 0 aromatic carbocycles. The highest BCUT2D eigenvalue weighted by molar-refractivity contribution is 5.43. The summed E-state index contributed by atoms with van der Waals surface area (Å²) >= 11 is 0. The van der Waals surface area contributed by atoms with Gasteiger partial charge in [0.15, 0.2) is 0 Å². The predicted molar refractivity (Wildman–Crippen MR) is 45.8 cm³/mol. The number of aromatic nitrogens is 1. The first-order chi connectivity index (χ1) is 5.22. The quantitative estimate of drug-likeness (QED) is 0.549. The van der Waals surface area contributed by atoms with Crippen molar-refractivity contribution in [2.45, 2.75) is 32.6 Å². The van der Waals surface area contributed by atoms with Gasteiger partial charge in [0.1, 0.15) is 0 Å². The van der Waals surface area contributed by atoms with E-state index in [4.69, 9.17) is 0 Å². The largest absolute Gasteiger partial charge is 0.261 e. The Bertz CT molecular complexity index is 291. The zero-order valence-corrected chi connectivity index (χ0v) is 7.26. The number of rotatable bonds is 0. The third-order valence-electron chi connectivity index (χ3n) is 2.88. The topological polar surface area (TPSA) is 12.9 Å². The van der Waals surface area contributed by atoms with Crippen molar-refractivity contribution in [3.63, 3.8) is 0 Å². The van der Waals surface area contributed by atoms with Crippen LogP contribution in [-0.4, -0.2) is 4.98 Å². The van der Waals surface area contributed by atoms with Crippen LogP contribution in [0.2, 0.25) is 0 Å². The van der Waals surface area contributed by atoms with Crippen molar-refractivity contribution >= 4 is 0 Å². The summed E-state index contributed by atoms with van der Waals surface area (Å²) in [5, 5.41) is 0. The molecule has 0 saturated heterocycles. The van der Waals surface area contributed by atoms with Crippen LogP contribution >= 0.6 is 0 Å². The van der Waals surface area contributed by atoms with Crippen LogP contribution in [0.1, 0.15) is 42.5 Å². The molecular formula is C10H13N. The molecule has 1 aromatic rings. The van der Waals surface area contributed by atoms with Crippen molar-refractivity contribution < 1.29 is 0 Å². The smallest absolute Gasteiger partial charge is 0.0475 e. The fourth-order valence-corrected chi connectivity index (χ4v) is 1.94. The van der Waals surface area contributed by atoms with E-state index in [1.807, 2.05) is 6.20 Å². The van der Waals surface area contributed by atoms with Gasteiger partial charge in [0.25, 0.3) is 0 Å². The summed E-state index contributed by atoms with van der Waals surface area (Å²) in [4.78, 5) is 4.36. The summed E-state index contributed by atoms with van der Waals surface area (Å²) in [6.45, 7) is 6.70. The van der Waals surface area contributed by atoms with Crippen molar-refractivity contribution in [1.29, 1.82) is 0 Å². The molecule has 0 spiro atoms. The van der Waals surface area contributed by atoms with Gasteiger partial charge in [0.05, 0.1) is 0 Å². The van der Waals surface area contributed by atoms with Gasteiger partial charge in [-0.15, -0.1) is 0 Å². The Labute approximate surface area is 67.5 Å². The second kappa shape index (κ2) is 2.07. The van der Waals surface area contributed by atoms with Gasteiger partial charge in [-0.25, -0.2) is 0 Å². The lowest BCUT2D eigenvalue weighted by Crippen LogP contribution is -2.22. The molecule has 1 heterocycles. The SMILES string of the molecule is Cc1ccnc2c1C(C)C2C. The van der Waals surface area contributed by atoms with Crippen LogP contribution in [0.5, 0.6) is 0 Å². The monoisotopic (exact) mass is 147 g/mol. The first-order valence-corrected chi connectivity index (χ1v) is 4.17. The van der Waals surface area contributed by atoms with Crippen LogP contribution in [-0.2, 0) is 0 Å². The van der Waals surface area contributed by atoms with Gasteiger partial charge in [-0.2, -0.15) is 0 Å². The molecule has 2 unspecified atom stereocenters. The molecule has 0 saturated carbocycles. The van der Waals surface area contributed by atoms with E-state index in [2.05, 4.69) is 31.8 Å². The minimum atomic E-state index is 0.671. The normalized spacial score (nSPS) is 27.5. The number of nitrogens with zero attached hydrogens (tertiary/aromatic N) is 1. The zero-order chi connectivity index (χ0) is 8.01. The second-order valence-corrected chi connectivity index (χ2v) is 3.50. The fourth-order valence-electron chi connectivity index (χ4n) is 1.94. The molecule has 11 heavy (non-hydrogen) atoms.